The van der Waals surface area contributed by atoms with Crippen LogP contribution in [0.3, 0.4) is 0 Å². The third-order valence-electron chi connectivity index (χ3n) is 2.70. The van der Waals surface area contributed by atoms with Crippen molar-refractivity contribution in [3.05, 3.63) is 23.7 Å². The molecule has 114 valence electrons. The van der Waals surface area contributed by atoms with Crippen molar-refractivity contribution in [2.75, 3.05) is 40.6 Å². The van der Waals surface area contributed by atoms with E-state index in [4.69, 9.17) is 13.9 Å². The molecule has 6 nitrogen and oxygen atoms in total. The second-order valence-electron chi connectivity index (χ2n) is 4.28. The molecule has 0 saturated heterocycles. The minimum absolute atomic E-state index is 0.381. The highest BCUT2D eigenvalue weighted by Gasteiger charge is 2.09. The smallest absolute Gasteiger partial charge is 0.341 e. The zero-order chi connectivity index (χ0) is 14.6. The van der Waals surface area contributed by atoms with Crippen LogP contribution in [-0.2, 0) is 20.8 Å². The van der Waals surface area contributed by atoms with E-state index in [1.54, 1.807) is 13.2 Å². The van der Waals surface area contributed by atoms with Crippen LogP contribution >= 0.6 is 0 Å². The fourth-order valence-corrected chi connectivity index (χ4v) is 1.61. The van der Waals surface area contributed by atoms with Gasteiger partial charge in [-0.3, -0.25) is 0 Å². The molecule has 0 aliphatic rings. The summed E-state index contributed by atoms with van der Waals surface area (Å²) in [5.41, 5.74) is 0.441. The van der Waals surface area contributed by atoms with Crippen molar-refractivity contribution in [2.24, 2.45) is 0 Å². The maximum atomic E-state index is 11.2. The number of furan rings is 1. The molecule has 0 amide bonds. The van der Waals surface area contributed by atoms with E-state index in [9.17, 15) is 4.79 Å². The second-order valence-corrected chi connectivity index (χ2v) is 4.28. The molecule has 0 aromatic carbocycles. The van der Waals surface area contributed by atoms with Gasteiger partial charge >= 0.3 is 5.97 Å². The van der Waals surface area contributed by atoms with Crippen LogP contribution in [-0.4, -0.2) is 46.6 Å². The first kappa shape index (κ1) is 16.7. The molecule has 0 aliphatic carbocycles. The number of carbonyl (C=O) groups excluding carboxylic acids is 1. The molecule has 1 N–H and O–H groups in total. The van der Waals surface area contributed by atoms with Gasteiger partial charge in [-0.25, -0.2) is 4.79 Å². The van der Waals surface area contributed by atoms with Crippen LogP contribution in [0.15, 0.2) is 16.7 Å². The lowest BCUT2D eigenvalue weighted by Gasteiger charge is -2.04. The summed E-state index contributed by atoms with van der Waals surface area (Å²) in [5.74, 6) is 0.343. The first-order chi connectivity index (χ1) is 9.77. The molecule has 0 bridgehead atoms. The fourth-order valence-electron chi connectivity index (χ4n) is 1.61. The zero-order valence-corrected chi connectivity index (χ0v) is 12.1. The number of nitrogens with one attached hydrogen (secondary N) is 1. The van der Waals surface area contributed by atoms with Gasteiger partial charge in [0.05, 0.1) is 32.4 Å². The molecule has 0 saturated carbocycles. The van der Waals surface area contributed by atoms with Crippen LogP contribution in [0.25, 0.3) is 0 Å². The van der Waals surface area contributed by atoms with Gasteiger partial charge < -0.3 is 23.9 Å². The number of methoxy groups -OCH3 is 2. The summed E-state index contributed by atoms with van der Waals surface area (Å²) in [6.45, 7) is 3.51. The maximum Gasteiger partial charge on any atom is 0.341 e. The second kappa shape index (κ2) is 10.4. The molecule has 0 aliphatic heterocycles. The van der Waals surface area contributed by atoms with E-state index in [2.05, 4.69) is 10.1 Å². The lowest BCUT2D eigenvalue weighted by Crippen LogP contribution is -2.15. The highest BCUT2D eigenvalue weighted by atomic mass is 16.5. The Morgan fingerprint density at radius 3 is 2.85 bits per heavy atom. The quantitative estimate of drug-likeness (QED) is 0.492. The highest BCUT2D eigenvalue weighted by Crippen LogP contribution is 2.08. The number of rotatable bonds is 11. The number of hydrogen-bond donors (Lipinski definition) is 1. The molecule has 6 heteroatoms. The Hall–Kier alpha value is -1.37. The number of unbranched alkanes of at least 4 members (excludes halogenated alkanes) is 1. The van der Waals surface area contributed by atoms with Crippen LogP contribution in [0.2, 0.25) is 0 Å². The molecule has 20 heavy (non-hydrogen) atoms. The normalized spacial score (nSPS) is 10.7. The van der Waals surface area contributed by atoms with Gasteiger partial charge in [0.1, 0.15) is 12.0 Å². The third-order valence-corrected chi connectivity index (χ3v) is 2.70. The molecule has 1 aromatic heterocycles. The van der Waals surface area contributed by atoms with E-state index in [1.165, 1.54) is 13.4 Å². The Morgan fingerprint density at radius 1 is 1.25 bits per heavy atom. The van der Waals surface area contributed by atoms with Crippen molar-refractivity contribution < 1.29 is 23.4 Å². The minimum atomic E-state index is -0.381. The number of hydrogen-bond acceptors (Lipinski definition) is 6. The summed E-state index contributed by atoms with van der Waals surface area (Å²) in [6, 6.07) is 1.69. The molecule has 1 heterocycles. The van der Waals surface area contributed by atoms with Gasteiger partial charge in [0.2, 0.25) is 0 Å². The largest absolute Gasteiger partial charge is 0.467 e. The Labute approximate surface area is 119 Å². The van der Waals surface area contributed by atoms with E-state index in [0.717, 1.165) is 31.8 Å². The van der Waals surface area contributed by atoms with E-state index in [-0.39, 0.29) is 5.97 Å². The Morgan fingerprint density at radius 2 is 2.10 bits per heavy atom. The van der Waals surface area contributed by atoms with Crippen molar-refractivity contribution in [1.29, 1.82) is 0 Å². The van der Waals surface area contributed by atoms with Gasteiger partial charge in [-0.2, -0.15) is 0 Å². The summed E-state index contributed by atoms with van der Waals surface area (Å²) >= 11 is 0. The van der Waals surface area contributed by atoms with E-state index < -0.39 is 0 Å². The summed E-state index contributed by atoms with van der Waals surface area (Å²) in [6.07, 6.45) is 3.44. The van der Waals surface area contributed by atoms with Gasteiger partial charge in [0.15, 0.2) is 0 Å². The molecule has 0 atom stereocenters. The molecule has 1 rings (SSSR count). The Kier molecular flexibility index (Phi) is 8.69. The van der Waals surface area contributed by atoms with Crippen LogP contribution in [0.5, 0.6) is 0 Å². The van der Waals surface area contributed by atoms with E-state index in [1.807, 2.05) is 0 Å². The standard InChI is InChI=1S/C14H23NO5/c1-17-7-8-19-6-4-3-5-15-10-13-9-12(11-20-13)14(16)18-2/h9,11,15H,3-8,10H2,1-2H3. The first-order valence-electron chi connectivity index (χ1n) is 6.71. The van der Waals surface area contributed by atoms with Crippen molar-refractivity contribution >= 4 is 5.97 Å². The zero-order valence-electron chi connectivity index (χ0n) is 12.1. The third kappa shape index (κ3) is 6.70. The Balaban J connectivity index is 2.01. The van der Waals surface area contributed by atoms with Crippen molar-refractivity contribution in [1.82, 2.24) is 5.32 Å². The Bertz CT molecular complexity index is 377. The predicted molar refractivity (Wildman–Crippen MR) is 73.7 cm³/mol. The topological polar surface area (TPSA) is 69.9 Å². The molecule has 0 spiro atoms. The highest BCUT2D eigenvalue weighted by molar-refractivity contribution is 5.88. The average Bonchev–Trinajstić information content (AvgIpc) is 2.93. The van der Waals surface area contributed by atoms with Crippen molar-refractivity contribution in [3.63, 3.8) is 0 Å². The summed E-state index contributed by atoms with van der Waals surface area (Å²) in [4.78, 5) is 11.2. The lowest BCUT2D eigenvalue weighted by atomic mass is 10.3. The average molecular weight is 285 g/mol. The number of carbonyl (C=O) groups is 1. The number of ether oxygens (including phenoxy) is 3. The predicted octanol–water partition coefficient (Wildman–Crippen LogP) is 1.60. The molecule has 0 unspecified atom stereocenters. The van der Waals surface area contributed by atoms with Gasteiger partial charge in [-0.1, -0.05) is 0 Å². The molecule has 0 radical (unpaired) electrons. The van der Waals surface area contributed by atoms with Gasteiger partial charge in [-0.05, 0) is 25.5 Å². The molecule has 1 aromatic rings. The molecule has 0 fully saturated rings. The summed E-state index contributed by atoms with van der Waals surface area (Å²) < 4.78 is 20.1. The van der Waals surface area contributed by atoms with Crippen LogP contribution in [0.1, 0.15) is 29.0 Å². The SMILES string of the molecule is COCCOCCCCNCc1cc(C(=O)OC)co1. The van der Waals surface area contributed by atoms with Crippen LogP contribution < -0.4 is 5.32 Å². The first-order valence-corrected chi connectivity index (χ1v) is 6.71. The van der Waals surface area contributed by atoms with Crippen LogP contribution in [0, 0.1) is 0 Å². The van der Waals surface area contributed by atoms with Gasteiger partial charge in [-0.15, -0.1) is 0 Å². The monoisotopic (exact) mass is 285 g/mol. The van der Waals surface area contributed by atoms with E-state index >= 15 is 0 Å². The van der Waals surface area contributed by atoms with Gasteiger partial charge in [0.25, 0.3) is 0 Å². The summed E-state index contributed by atoms with van der Waals surface area (Å²) in [5, 5.41) is 3.25. The maximum absolute atomic E-state index is 11.2. The summed E-state index contributed by atoms with van der Waals surface area (Å²) in [7, 11) is 3.01. The van der Waals surface area contributed by atoms with Gasteiger partial charge in [0, 0.05) is 13.7 Å². The van der Waals surface area contributed by atoms with Crippen molar-refractivity contribution in [3.8, 4) is 0 Å². The van der Waals surface area contributed by atoms with E-state index in [0.29, 0.717) is 25.3 Å². The molecular formula is C14H23NO5. The lowest BCUT2D eigenvalue weighted by molar-refractivity contribution is 0.0600. The van der Waals surface area contributed by atoms with Crippen molar-refractivity contribution in [2.45, 2.75) is 19.4 Å². The fraction of sp³-hybridized carbons (Fsp3) is 0.643. The molecular weight excluding hydrogens is 262 g/mol. The number of esters is 1. The minimum Gasteiger partial charge on any atom is -0.467 e. The van der Waals surface area contributed by atoms with Crippen LogP contribution in [0.4, 0.5) is 0 Å².